The third kappa shape index (κ3) is 2.82. The van der Waals surface area contributed by atoms with Crippen molar-refractivity contribution in [2.75, 3.05) is 20.6 Å². The van der Waals surface area contributed by atoms with Gasteiger partial charge >= 0.3 is 0 Å². The molecule has 0 spiro atoms. The number of imidazole rings is 1. The maximum atomic E-state index is 11.3. The number of likely N-dealkylation sites (N-methyl/N-ethyl adjacent to an activating group) is 1. The highest BCUT2D eigenvalue weighted by atomic mass is 16.2. The van der Waals surface area contributed by atoms with Crippen LogP contribution in [0.25, 0.3) is 5.65 Å². The Kier molecular flexibility index (Phi) is 3.39. The summed E-state index contributed by atoms with van der Waals surface area (Å²) in [4.78, 5) is 17.3. The quantitative estimate of drug-likeness (QED) is 0.835. The van der Waals surface area contributed by atoms with Gasteiger partial charge in [-0.25, -0.2) is 4.98 Å². The van der Waals surface area contributed by atoms with Crippen LogP contribution in [0.1, 0.15) is 5.69 Å². The summed E-state index contributed by atoms with van der Waals surface area (Å²) in [6, 6.07) is 5.87. The van der Waals surface area contributed by atoms with E-state index in [2.05, 4.69) is 10.3 Å². The molecule has 0 fully saturated rings. The second kappa shape index (κ2) is 4.97. The SMILES string of the molecule is CN(C)C(=O)CNCc1cn2ccccc2n1. The molecule has 2 heterocycles. The van der Waals surface area contributed by atoms with Crippen molar-refractivity contribution in [2.45, 2.75) is 6.54 Å². The fraction of sp³-hybridized carbons (Fsp3) is 0.333. The fourth-order valence-corrected chi connectivity index (χ4v) is 1.53. The predicted molar refractivity (Wildman–Crippen MR) is 65.6 cm³/mol. The fourth-order valence-electron chi connectivity index (χ4n) is 1.53. The van der Waals surface area contributed by atoms with Crippen LogP contribution in [0.2, 0.25) is 0 Å². The molecule has 2 rings (SSSR count). The Morgan fingerprint density at radius 3 is 3.00 bits per heavy atom. The van der Waals surface area contributed by atoms with Gasteiger partial charge in [0.1, 0.15) is 5.65 Å². The number of nitrogens with one attached hydrogen (secondary N) is 1. The Morgan fingerprint density at radius 1 is 1.47 bits per heavy atom. The van der Waals surface area contributed by atoms with Crippen molar-refractivity contribution in [3.05, 3.63) is 36.3 Å². The van der Waals surface area contributed by atoms with Crippen LogP contribution in [0, 0.1) is 0 Å². The van der Waals surface area contributed by atoms with Crippen LogP contribution in [0.5, 0.6) is 0 Å². The second-order valence-electron chi connectivity index (χ2n) is 4.09. The van der Waals surface area contributed by atoms with E-state index in [1.807, 2.05) is 35.0 Å². The summed E-state index contributed by atoms with van der Waals surface area (Å²) < 4.78 is 1.96. The zero-order chi connectivity index (χ0) is 12.3. The van der Waals surface area contributed by atoms with Gasteiger partial charge in [0, 0.05) is 33.0 Å². The van der Waals surface area contributed by atoms with Gasteiger partial charge < -0.3 is 14.6 Å². The van der Waals surface area contributed by atoms with E-state index in [4.69, 9.17) is 0 Å². The third-order valence-corrected chi connectivity index (χ3v) is 2.50. The minimum absolute atomic E-state index is 0.0637. The summed E-state index contributed by atoms with van der Waals surface area (Å²) >= 11 is 0. The van der Waals surface area contributed by atoms with Crippen LogP contribution in [-0.2, 0) is 11.3 Å². The first kappa shape index (κ1) is 11.6. The molecule has 0 atom stereocenters. The summed E-state index contributed by atoms with van der Waals surface area (Å²) in [6.07, 6.45) is 3.92. The highest BCUT2D eigenvalue weighted by Crippen LogP contribution is 2.03. The predicted octanol–water partition coefficient (Wildman–Crippen LogP) is 0.512. The highest BCUT2D eigenvalue weighted by molar-refractivity contribution is 5.77. The van der Waals surface area contributed by atoms with Gasteiger partial charge in [-0.1, -0.05) is 6.07 Å². The lowest BCUT2D eigenvalue weighted by molar-refractivity contribution is -0.127. The molecule has 0 unspecified atom stereocenters. The molecule has 1 amide bonds. The standard InChI is InChI=1S/C12H16N4O/c1-15(2)12(17)8-13-7-10-9-16-6-4-3-5-11(16)14-10/h3-6,9,13H,7-8H2,1-2H3. The molecule has 17 heavy (non-hydrogen) atoms. The number of hydrogen-bond donors (Lipinski definition) is 1. The first-order valence-electron chi connectivity index (χ1n) is 5.50. The minimum atomic E-state index is 0.0637. The monoisotopic (exact) mass is 232 g/mol. The molecule has 2 aromatic heterocycles. The molecular formula is C12H16N4O. The number of nitrogens with zero attached hydrogens (tertiary/aromatic N) is 3. The van der Waals surface area contributed by atoms with Crippen molar-refractivity contribution in [3.8, 4) is 0 Å². The Balaban J connectivity index is 1.93. The van der Waals surface area contributed by atoms with Crippen LogP contribution in [0.15, 0.2) is 30.6 Å². The van der Waals surface area contributed by atoms with E-state index in [-0.39, 0.29) is 5.91 Å². The molecule has 0 radical (unpaired) electrons. The summed E-state index contributed by atoms with van der Waals surface area (Å²) in [5.41, 5.74) is 1.85. The molecule has 0 aliphatic carbocycles. The van der Waals surface area contributed by atoms with E-state index in [1.54, 1.807) is 19.0 Å². The lowest BCUT2D eigenvalue weighted by Crippen LogP contribution is -2.32. The van der Waals surface area contributed by atoms with E-state index >= 15 is 0 Å². The normalized spacial score (nSPS) is 10.7. The zero-order valence-corrected chi connectivity index (χ0v) is 10.1. The average molecular weight is 232 g/mol. The Morgan fingerprint density at radius 2 is 2.29 bits per heavy atom. The van der Waals surface area contributed by atoms with Gasteiger partial charge in [0.25, 0.3) is 0 Å². The van der Waals surface area contributed by atoms with Crippen molar-refractivity contribution in [1.82, 2.24) is 19.6 Å². The molecular weight excluding hydrogens is 216 g/mol. The van der Waals surface area contributed by atoms with E-state index in [1.165, 1.54) is 0 Å². The van der Waals surface area contributed by atoms with E-state index < -0.39 is 0 Å². The maximum absolute atomic E-state index is 11.3. The van der Waals surface area contributed by atoms with Crippen LogP contribution in [-0.4, -0.2) is 40.8 Å². The van der Waals surface area contributed by atoms with Crippen LogP contribution in [0.4, 0.5) is 0 Å². The first-order valence-corrected chi connectivity index (χ1v) is 5.50. The lowest BCUT2D eigenvalue weighted by Gasteiger charge is -2.09. The maximum Gasteiger partial charge on any atom is 0.236 e. The van der Waals surface area contributed by atoms with Crippen LogP contribution < -0.4 is 5.32 Å². The number of amides is 1. The van der Waals surface area contributed by atoms with Gasteiger partial charge in [-0.3, -0.25) is 4.79 Å². The number of hydrogen-bond acceptors (Lipinski definition) is 3. The van der Waals surface area contributed by atoms with Gasteiger partial charge in [0.2, 0.25) is 5.91 Å². The molecule has 1 N–H and O–H groups in total. The van der Waals surface area contributed by atoms with Gasteiger partial charge in [-0.2, -0.15) is 0 Å². The zero-order valence-electron chi connectivity index (χ0n) is 10.1. The summed E-state index contributed by atoms with van der Waals surface area (Å²) in [5, 5.41) is 3.08. The molecule has 5 nitrogen and oxygen atoms in total. The number of rotatable bonds is 4. The van der Waals surface area contributed by atoms with Crippen molar-refractivity contribution in [3.63, 3.8) is 0 Å². The molecule has 0 aromatic carbocycles. The van der Waals surface area contributed by atoms with E-state index in [0.29, 0.717) is 13.1 Å². The van der Waals surface area contributed by atoms with Crippen LogP contribution in [0.3, 0.4) is 0 Å². The summed E-state index contributed by atoms with van der Waals surface area (Å²) in [7, 11) is 3.49. The largest absolute Gasteiger partial charge is 0.348 e. The lowest BCUT2D eigenvalue weighted by atomic mass is 10.4. The average Bonchev–Trinajstić information content (AvgIpc) is 2.71. The molecule has 0 aliphatic rings. The van der Waals surface area contributed by atoms with Crippen molar-refractivity contribution < 1.29 is 4.79 Å². The molecule has 0 bridgehead atoms. The Labute approximate surface area is 100 Å². The molecule has 0 saturated heterocycles. The molecule has 90 valence electrons. The van der Waals surface area contributed by atoms with Gasteiger partial charge in [-0.15, -0.1) is 0 Å². The number of carbonyl (C=O) groups excluding carboxylic acids is 1. The van der Waals surface area contributed by atoms with Gasteiger partial charge in [0.05, 0.1) is 12.2 Å². The highest BCUT2D eigenvalue weighted by Gasteiger charge is 2.04. The topological polar surface area (TPSA) is 49.6 Å². The minimum Gasteiger partial charge on any atom is -0.348 e. The number of aromatic nitrogens is 2. The van der Waals surface area contributed by atoms with Gasteiger partial charge in [0.15, 0.2) is 0 Å². The van der Waals surface area contributed by atoms with Crippen LogP contribution >= 0.6 is 0 Å². The summed E-state index contributed by atoms with van der Waals surface area (Å²) in [6.45, 7) is 0.933. The second-order valence-corrected chi connectivity index (χ2v) is 4.09. The number of fused-ring (bicyclic) bond motifs is 1. The number of pyridine rings is 1. The molecule has 5 heteroatoms. The van der Waals surface area contributed by atoms with Crippen molar-refractivity contribution in [1.29, 1.82) is 0 Å². The number of carbonyl (C=O) groups is 1. The first-order chi connectivity index (χ1) is 8.16. The summed E-state index contributed by atoms with van der Waals surface area (Å²) in [5.74, 6) is 0.0637. The van der Waals surface area contributed by atoms with Crippen molar-refractivity contribution >= 4 is 11.6 Å². The Hall–Kier alpha value is -1.88. The van der Waals surface area contributed by atoms with Crippen molar-refractivity contribution in [2.24, 2.45) is 0 Å². The van der Waals surface area contributed by atoms with E-state index in [9.17, 15) is 4.79 Å². The smallest absolute Gasteiger partial charge is 0.236 e. The molecule has 2 aromatic rings. The molecule has 0 saturated carbocycles. The Bertz CT molecular complexity index is 485. The third-order valence-electron chi connectivity index (χ3n) is 2.50. The van der Waals surface area contributed by atoms with E-state index in [0.717, 1.165) is 11.3 Å². The molecule has 0 aliphatic heterocycles. The van der Waals surface area contributed by atoms with Gasteiger partial charge in [-0.05, 0) is 12.1 Å².